The van der Waals surface area contributed by atoms with Crippen molar-refractivity contribution < 1.29 is 24.2 Å². The molecule has 1 aliphatic rings. The molecule has 1 fully saturated rings. The third-order valence-electron chi connectivity index (χ3n) is 3.57. The number of rotatable bonds is 5. The number of thioether (sulfide) groups is 1. The highest BCUT2D eigenvalue weighted by Gasteiger charge is 2.34. The zero-order chi connectivity index (χ0) is 17.0. The van der Waals surface area contributed by atoms with Crippen molar-refractivity contribution >= 4 is 23.6 Å². The van der Waals surface area contributed by atoms with Crippen molar-refractivity contribution in [2.45, 2.75) is 36.2 Å². The number of methoxy groups -OCH3 is 1. The number of carbonyl (C=O) groups is 2. The van der Waals surface area contributed by atoms with E-state index < -0.39 is 12.1 Å². The summed E-state index contributed by atoms with van der Waals surface area (Å²) in [5, 5.41) is 8.80. The normalized spacial score (nSPS) is 22.5. The molecule has 1 saturated heterocycles. The van der Waals surface area contributed by atoms with Gasteiger partial charge in [0.05, 0.1) is 25.0 Å². The summed E-state index contributed by atoms with van der Waals surface area (Å²) >= 11 is 1.44. The van der Waals surface area contributed by atoms with E-state index in [1.807, 2.05) is 31.2 Å². The first kappa shape index (κ1) is 17.6. The molecule has 1 heterocycles. The first-order valence-electron chi connectivity index (χ1n) is 7.38. The molecular formula is C16H21NO5S. The lowest BCUT2D eigenvalue weighted by Gasteiger charge is -2.36. The highest BCUT2D eigenvalue weighted by atomic mass is 32.2. The van der Waals surface area contributed by atoms with Gasteiger partial charge in [0.1, 0.15) is 5.75 Å². The fraction of sp³-hybridized carbons (Fsp3) is 0.500. The van der Waals surface area contributed by atoms with Crippen LogP contribution in [0.4, 0.5) is 0 Å². The monoisotopic (exact) mass is 339 g/mol. The molecule has 1 aliphatic heterocycles. The minimum absolute atomic E-state index is 0.0766. The van der Waals surface area contributed by atoms with Gasteiger partial charge >= 0.3 is 5.97 Å². The maximum atomic E-state index is 12.6. The number of carbonyl (C=O) groups excluding carboxylic acids is 1. The standard InChI is InChI=1S/C16H21NO5S/c1-10-8-17(9-14(22-10)16(19)20)15(18)11(2)23-13-6-4-12(21-3)5-7-13/h4-7,10-11,14H,8-9H2,1-3H3,(H,19,20)/t10-,11?,14?/m1/s1. The van der Waals surface area contributed by atoms with Gasteiger partial charge in [-0.3, -0.25) is 4.79 Å². The van der Waals surface area contributed by atoms with E-state index in [-0.39, 0.29) is 23.8 Å². The van der Waals surface area contributed by atoms with E-state index in [4.69, 9.17) is 14.6 Å². The van der Waals surface area contributed by atoms with Crippen molar-refractivity contribution in [1.82, 2.24) is 4.90 Å². The second-order valence-corrected chi connectivity index (χ2v) is 6.87. The molecule has 1 amide bonds. The molecule has 2 rings (SSSR count). The Hall–Kier alpha value is -1.73. The van der Waals surface area contributed by atoms with Crippen LogP contribution >= 0.6 is 11.8 Å². The number of benzene rings is 1. The second-order valence-electron chi connectivity index (χ2n) is 5.45. The number of aliphatic carboxylic acids is 1. The summed E-state index contributed by atoms with van der Waals surface area (Å²) in [6.07, 6.45) is -1.24. The Morgan fingerprint density at radius 3 is 2.57 bits per heavy atom. The van der Waals surface area contributed by atoms with Crippen LogP contribution in [-0.4, -0.2) is 59.5 Å². The lowest BCUT2D eigenvalue weighted by molar-refractivity contribution is -0.166. The van der Waals surface area contributed by atoms with E-state index in [9.17, 15) is 9.59 Å². The number of hydrogen-bond acceptors (Lipinski definition) is 5. The minimum atomic E-state index is -1.04. The number of amides is 1. The van der Waals surface area contributed by atoms with Crippen molar-refractivity contribution in [2.75, 3.05) is 20.2 Å². The molecule has 6 nitrogen and oxygen atoms in total. The van der Waals surface area contributed by atoms with E-state index >= 15 is 0 Å². The highest BCUT2D eigenvalue weighted by molar-refractivity contribution is 8.00. The Morgan fingerprint density at radius 1 is 1.35 bits per heavy atom. The summed E-state index contributed by atoms with van der Waals surface area (Å²) in [5.41, 5.74) is 0. The highest BCUT2D eigenvalue weighted by Crippen LogP contribution is 2.27. The van der Waals surface area contributed by atoms with Crippen LogP contribution in [0, 0.1) is 0 Å². The number of ether oxygens (including phenoxy) is 2. The Bertz CT molecular complexity index is 562. The van der Waals surface area contributed by atoms with Crippen LogP contribution in [0.3, 0.4) is 0 Å². The molecule has 0 aromatic heterocycles. The van der Waals surface area contributed by atoms with E-state index in [1.165, 1.54) is 11.8 Å². The molecule has 0 radical (unpaired) electrons. The zero-order valence-corrected chi connectivity index (χ0v) is 14.2. The van der Waals surface area contributed by atoms with Gasteiger partial charge in [0, 0.05) is 11.4 Å². The topological polar surface area (TPSA) is 76.1 Å². The summed E-state index contributed by atoms with van der Waals surface area (Å²) in [5.74, 6) is -0.350. The molecular weight excluding hydrogens is 318 g/mol. The summed E-state index contributed by atoms with van der Waals surface area (Å²) in [6.45, 7) is 4.10. The third kappa shape index (κ3) is 4.62. The fourth-order valence-corrected chi connectivity index (χ4v) is 3.39. The van der Waals surface area contributed by atoms with Gasteiger partial charge in [0.2, 0.25) is 5.91 Å². The lowest BCUT2D eigenvalue weighted by atomic mass is 10.2. The average Bonchev–Trinajstić information content (AvgIpc) is 2.54. The minimum Gasteiger partial charge on any atom is -0.497 e. The van der Waals surface area contributed by atoms with Crippen molar-refractivity contribution in [3.63, 3.8) is 0 Å². The van der Waals surface area contributed by atoms with Gasteiger partial charge in [-0.1, -0.05) is 0 Å². The van der Waals surface area contributed by atoms with Crippen LogP contribution in [0.5, 0.6) is 5.75 Å². The predicted molar refractivity (Wildman–Crippen MR) is 86.9 cm³/mol. The summed E-state index contributed by atoms with van der Waals surface area (Å²) < 4.78 is 10.4. The van der Waals surface area contributed by atoms with E-state index in [1.54, 1.807) is 18.9 Å². The van der Waals surface area contributed by atoms with Gasteiger partial charge in [-0.25, -0.2) is 4.79 Å². The largest absolute Gasteiger partial charge is 0.497 e. The second kappa shape index (κ2) is 7.70. The maximum absolute atomic E-state index is 12.6. The maximum Gasteiger partial charge on any atom is 0.334 e. The Kier molecular flexibility index (Phi) is 5.90. The van der Waals surface area contributed by atoms with E-state index in [2.05, 4.69) is 0 Å². The van der Waals surface area contributed by atoms with Gasteiger partial charge < -0.3 is 19.5 Å². The Balaban J connectivity index is 1.98. The molecule has 0 bridgehead atoms. The lowest BCUT2D eigenvalue weighted by Crippen LogP contribution is -2.53. The van der Waals surface area contributed by atoms with Crippen LogP contribution in [0.1, 0.15) is 13.8 Å². The molecule has 23 heavy (non-hydrogen) atoms. The van der Waals surface area contributed by atoms with Gasteiger partial charge in [-0.05, 0) is 38.1 Å². The van der Waals surface area contributed by atoms with Crippen molar-refractivity contribution in [1.29, 1.82) is 0 Å². The van der Waals surface area contributed by atoms with Gasteiger partial charge in [0.15, 0.2) is 6.10 Å². The van der Waals surface area contributed by atoms with Crippen LogP contribution in [-0.2, 0) is 14.3 Å². The number of carboxylic acid groups (broad SMARTS) is 1. The molecule has 1 N–H and O–H groups in total. The molecule has 1 aromatic carbocycles. The summed E-state index contributed by atoms with van der Waals surface area (Å²) in [6, 6.07) is 7.48. The summed E-state index contributed by atoms with van der Waals surface area (Å²) in [7, 11) is 1.60. The average molecular weight is 339 g/mol. The molecule has 1 aromatic rings. The third-order valence-corrected chi connectivity index (χ3v) is 4.67. The van der Waals surface area contributed by atoms with Crippen LogP contribution in [0.25, 0.3) is 0 Å². The first-order valence-corrected chi connectivity index (χ1v) is 8.26. The zero-order valence-electron chi connectivity index (χ0n) is 13.4. The van der Waals surface area contributed by atoms with Gasteiger partial charge in [0.25, 0.3) is 0 Å². The Morgan fingerprint density at radius 2 is 2.00 bits per heavy atom. The van der Waals surface area contributed by atoms with Crippen LogP contribution < -0.4 is 4.74 Å². The summed E-state index contributed by atoms with van der Waals surface area (Å²) in [4.78, 5) is 26.2. The van der Waals surface area contributed by atoms with E-state index in [0.717, 1.165) is 10.6 Å². The number of morpholine rings is 1. The number of hydrogen-bond donors (Lipinski definition) is 1. The van der Waals surface area contributed by atoms with Crippen molar-refractivity contribution in [2.24, 2.45) is 0 Å². The van der Waals surface area contributed by atoms with Gasteiger partial charge in [-0.2, -0.15) is 0 Å². The quantitative estimate of drug-likeness (QED) is 0.826. The predicted octanol–water partition coefficient (Wildman–Crippen LogP) is 1.88. The molecule has 0 saturated carbocycles. The van der Waals surface area contributed by atoms with Crippen molar-refractivity contribution in [3.8, 4) is 5.75 Å². The van der Waals surface area contributed by atoms with E-state index in [0.29, 0.717) is 6.54 Å². The first-order chi connectivity index (χ1) is 10.9. The molecule has 0 spiro atoms. The van der Waals surface area contributed by atoms with Crippen molar-refractivity contribution in [3.05, 3.63) is 24.3 Å². The Labute approximate surface area is 139 Å². The molecule has 0 aliphatic carbocycles. The fourth-order valence-electron chi connectivity index (χ4n) is 2.43. The molecule has 7 heteroatoms. The molecule has 2 unspecified atom stereocenters. The van der Waals surface area contributed by atoms with Crippen LogP contribution in [0.15, 0.2) is 29.2 Å². The van der Waals surface area contributed by atoms with Crippen LogP contribution in [0.2, 0.25) is 0 Å². The molecule has 3 atom stereocenters. The smallest absolute Gasteiger partial charge is 0.334 e. The molecule has 126 valence electrons. The van der Waals surface area contributed by atoms with Gasteiger partial charge in [-0.15, -0.1) is 11.8 Å². The number of carboxylic acids is 1. The SMILES string of the molecule is COc1ccc(SC(C)C(=O)N2CC(C(=O)O)O[C@H](C)C2)cc1. The number of nitrogens with zero attached hydrogens (tertiary/aromatic N) is 1.